The minimum Gasteiger partial charge on any atom is -0.497 e. The average Bonchev–Trinajstić information content (AvgIpc) is 2.79. The van der Waals surface area contributed by atoms with Crippen LogP contribution >= 0.6 is 0 Å². The molecule has 0 unspecified atom stereocenters. The normalized spacial score (nSPS) is 23.9. The van der Waals surface area contributed by atoms with E-state index in [0.29, 0.717) is 0 Å². The van der Waals surface area contributed by atoms with Crippen LogP contribution in [0.1, 0.15) is 75.1 Å². The molecule has 1 heterocycles. The maximum absolute atomic E-state index is 11.1. The fourth-order valence-electron chi connectivity index (χ4n) is 4.61. The summed E-state index contributed by atoms with van der Waals surface area (Å²) in [7, 11) is 3.37. The predicted octanol–water partition coefficient (Wildman–Crippen LogP) is 5.82. The summed E-state index contributed by atoms with van der Waals surface area (Å²) in [6.07, 6.45) is 7.71. The summed E-state index contributed by atoms with van der Waals surface area (Å²) in [5.41, 5.74) is 2.40. The molecular weight excluding hydrogens is 374 g/mol. The van der Waals surface area contributed by atoms with Crippen LogP contribution in [0.5, 0.6) is 11.5 Å². The van der Waals surface area contributed by atoms with Crippen LogP contribution in [-0.4, -0.2) is 25.4 Å². The number of aliphatic hydroxyl groups is 1. The van der Waals surface area contributed by atoms with E-state index in [1.807, 2.05) is 24.3 Å². The zero-order chi connectivity index (χ0) is 21.3. The Morgan fingerprint density at radius 3 is 1.97 bits per heavy atom. The number of ether oxygens (including phenoxy) is 2. The molecule has 0 saturated carbocycles. The first-order valence-corrected chi connectivity index (χ1v) is 11.4. The van der Waals surface area contributed by atoms with Crippen molar-refractivity contribution in [1.82, 2.24) is 5.32 Å². The summed E-state index contributed by atoms with van der Waals surface area (Å²) in [6.45, 7) is 2.24. The Hall–Kier alpha value is -2.04. The van der Waals surface area contributed by atoms with Crippen LogP contribution in [0.25, 0.3) is 0 Å². The molecule has 0 amide bonds. The lowest BCUT2D eigenvalue weighted by molar-refractivity contribution is 0.0253. The van der Waals surface area contributed by atoms with Crippen molar-refractivity contribution in [3.8, 4) is 11.5 Å². The molecule has 1 saturated heterocycles. The Balaban J connectivity index is 1.77. The largest absolute Gasteiger partial charge is 0.497 e. The molecule has 1 aliphatic heterocycles. The van der Waals surface area contributed by atoms with Gasteiger partial charge in [-0.2, -0.15) is 0 Å². The summed E-state index contributed by atoms with van der Waals surface area (Å²) in [5, 5.41) is 15.0. The lowest BCUT2D eigenvalue weighted by atomic mass is 9.77. The molecular formula is C26H37NO3. The van der Waals surface area contributed by atoms with Gasteiger partial charge in [-0.15, -0.1) is 0 Å². The highest BCUT2D eigenvalue weighted by Crippen LogP contribution is 2.40. The van der Waals surface area contributed by atoms with E-state index >= 15 is 0 Å². The third-order valence-electron chi connectivity index (χ3n) is 6.41. The van der Waals surface area contributed by atoms with Crippen LogP contribution < -0.4 is 14.8 Å². The van der Waals surface area contributed by atoms with Crippen molar-refractivity contribution in [3.05, 3.63) is 59.7 Å². The first-order valence-electron chi connectivity index (χ1n) is 11.4. The Bertz CT molecular complexity index is 744. The molecule has 0 spiro atoms. The zero-order valence-corrected chi connectivity index (χ0v) is 18.6. The predicted molar refractivity (Wildman–Crippen MR) is 122 cm³/mol. The van der Waals surface area contributed by atoms with Gasteiger partial charge in [-0.05, 0) is 48.2 Å². The lowest BCUT2D eigenvalue weighted by Crippen LogP contribution is -2.44. The fraction of sp³-hybridized carbons (Fsp3) is 0.538. The second-order valence-electron chi connectivity index (χ2n) is 8.41. The van der Waals surface area contributed by atoms with E-state index in [1.165, 1.54) is 43.2 Å². The highest BCUT2D eigenvalue weighted by atomic mass is 16.5. The van der Waals surface area contributed by atoms with Crippen molar-refractivity contribution >= 4 is 0 Å². The van der Waals surface area contributed by atoms with E-state index in [-0.39, 0.29) is 24.1 Å². The third-order valence-corrected chi connectivity index (χ3v) is 6.41. The van der Waals surface area contributed by atoms with E-state index in [0.717, 1.165) is 24.3 Å². The molecule has 0 radical (unpaired) electrons. The summed E-state index contributed by atoms with van der Waals surface area (Å²) in [4.78, 5) is 0. The van der Waals surface area contributed by atoms with Crippen LogP contribution in [0.4, 0.5) is 0 Å². The van der Waals surface area contributed by atoms with Gasteiger partial charge in [-0.25, -0.2) is 0 Å². The molecule has 3 rings (SSSR count). The maximum atomic E-state index is 11.1. The Morgan fingerprint density at radius 2 is 1.40 bits per heavy atom. The van der Waals surface area contributed by atoms with E-state index < -0.39 is 0 Å². The van der Waals surface area contributed by atoms with Gasteiger partial charge >= 0.3 is 0 Å². The minimum absolute atomic E-state index is 0.120. The molecule has 164 valence electrons. The van der Waals surface area contributed by atoms with Crippen molar-refractivity contribution in [3.63, 3.8) is 0 Å². The SMILES string of the molecule is CCCCCCC[C@@H]1[C@H](O)C[C@H](c2ccc(OC)cc2)N[C@@H]1c1ccc(OC)cc1. The number of hydrogen-bond donors (Lipinski definition) is 2. The Labute approximate surface area is 181 Å². The second kappa shape index (κ2) is 11.4. The van der Waals surface area contributed by atoms with Crippen molar-refractivity contribution in [1.29, 1.82) is 0 Å². The molecule has 0 aromatic heterocycles. The van der Waals surface area contributed by atoms with Crippen LogP contribution in [0.15, 0.2) is 48.5 Å². The highest BCUT2D eigenvalue weighted by molar-refractivity contribution is 5.33. The van der Waals surface area contributed by atoms with Crippen molar-refractivity contribution in [2.45, 2.75) is 70.1 Å². The first kappa shape index (κ1) is 22.6. The van der Waals surface area contributed by atoms with Crippen molar-refractivity contribution in [2.75, 3.05) is 14.2 Å². The van der Waals surface area contributed by atoms with E-state index in [4.69, 9.17) is 9.47 Å². The number of benzene rings is 2. The number of piperidine rings is 1. The van der Waals surface area contributed by atoms with Crippen LogP contribution in [0.2, 0.25) is 0 Å². The number of aliphatic hydroxyl groups excluding tert-OH is 1. The van der Waals surface area contributed by atoms with Gasteiger partial charge in [-0.1, -0.05) is 63.3 Å². The molecule has 4 heteroatoms. The van der Waals surface area contributed by atoms with E-state index in [9.17, 15) is 5.11 Å². The van der Waals surface area contributed by atoms with Crippen molar-refractivity contribution in [2.24, 2.45) is 5.92 Å². The molecule has 4 nitrogen and oxygen atoms in total. The zero-order valence-electron chi connectivity index (χ0n) is 18.6. The van der Waals surface area contributed by atoms with Gasteiger partial charge in [0.25, 0.3) is 0 Å². The molecule has 2 aromatic rings. The molecule has 2 N–H and O–H groups in total. The molecule has 30 heavy (non-hydrogen) atoms. The Kier molecular flexibility index (Phi) is 8.59. The van der Waals surface area contributed by atoms with Crippen LogP contribution in [0, 0.1) is 5.92 Å². The maximum Gasteiger partial charge on any atom is 0.118 e. The summed E-state index contributed by atoms with van der Waals surface area (Å²) >= 11 is 0. The number of methoxy groups -OCH3 is 2. The van der Waals surface area contributed by atoms with E-state index in [1.54, 1.807) is 14.2 Å². The molecule has 1 fully saturated rings. The molecule has 2 aromatic carbocycles. The van der Waals surface area contributed by atoms with E-state index in [2.05, 4.69) is 36.5 Å². The molecule has 0 bridgehead atoms. The number of nitrogens with one attached hydrogen (secondary N) is 1. The topological polar surface area (TPSA) is 50.7 Å². The Morgan fingerprint density at radius 1 is 0.833 bits per heavy atom. The monoisotopic (exact) mass is 411 g/mol. The van der Waals surface area contributed by atoms with Gasteiger partial charge in [0.05, 0.1) is 20.3 Å². The minimum atomic E-state index is -0.323. The highest BCUT2D eigenvalue weighted by Gasteiger charge is 2.37. The average molecular weight is 412 g/mol. The molecule has 4 atom stereocenters. The lowest BCUT2D eigenvalue weighted by Gasteiger charge is -2.41. The first-order chi connectivity index (χ1) is 14.7. The molecule has 0 aliphatic carbocycles. The fourth-order valence-corrected chi connectivity index (χ4v) is 4.61. The van der Waals surface area contributed by atoms with Gasteiger partial charge in [0, 0.05) is 18.0 Å². The quantitative estimate of drug-likeness (QED) is 0.484. The standard InChI is InChI=1S/C26H37NO3/c1-4-5-6-7-8-9-23-25(28)18-24(19-10-14-21(29-2)15-11-19)27-26(23)20-12-16-22(30-3)17-13-20/h10-17,23-28H,4-9,18H2,1-3H3/t23-,24-,25-,26-/m1/s1. The van der Waals surface area contributed by atoms with Gasteiger partial charge in [-0.3, -0.25) is 0 Å². The van der Waals surface area contributed by atoms with Crippen LogP contribution in [0.3, 0.4) is 0 Å². The molecule has 1 aliphatic rings. The van der Waals surface area contributed by atoms with Gasteiger partial charge < -0.3 is 19.9 Å². The van der Waals surface area contributed by atoms with Gasteiger partial charge in [0.1, 0.15) is 11.5 Å². The van der Waals surface area contributed by atoms with Crippen molar-refractivity contribution < 1.29 is 14.6 Å². The third kappa shape index (κ3) is 5.77. The van der Waals surface area contributed by atoms with Gasteiger partial charge in [0.15, 0.2) is 0 Å². The smallest absolute Gasteiger partial charge is 0.118 e. The summed E-state index contributed by atoms with van der Waals surface area (Å²) < 4.78 is 10.6. The summed E-state index contributed by atoms with van der Waals surface area (Å²) in [6, 6.07) is 16.7. The summed E-state index contributed by atoms with van der Waals surface area (Å²) in [5.74, 6) is 1.93. The number of rotatable bonds is 10. The van der Waals surface area contributed by atoms with Crippen LogP contribution in [-0.2, 0) is 0 Å². The van der Waals surface area contributed by atoms with Gasteiger partial charge in [0.2, 0.25) is 0 Å². The number of hydrogen-bond acceptors (Lipinski definition) is 4. The number of unbranched alkanes of at least 4 members (excludes halogenated alkanes) is 4. The second-order valence-corrected chi connectivity index (χ2v) is 8.41.